The zero-order valence-corrected chi connectivity index (χ0v) is 24.3. The molecule has 2 fully saturated rings. The van der Waals surface area contributed by atoms with E-state index in [1.165, 1.54) is 4.90 Å². The Morgan fingerprint density at radius 1 is 1.07 bits per heavy atom. The number of carbonyl (C=O) groups excluding carboxylic acids is 3. The second-order valence-electron chi connectivity index (χ2n) is 13.6. The summed E-state index contributed by atoms with van der Waals surface area (Å²) in [4.78, 5) is 40.8. The summed E-state index contributed by atoms with van der Waals surface area (Å²) in [5.41, 5.74) is 2.56. The van der Waals surface area contributed by atoms with Crippen molar-refractivity contribution in [1.29, 1.82) is 0 Å². The molecular formula is C30H40N4O7. The lowest BCUT2D eigenvalue weighted by atomic mass is 9.57. The number of phenolic OH excluding ortho intramolecular Hbond substituents is 1. The molecule has 0 bridgehead atoms. The van der Waals surface area contributed by atoms with E-state index in [9.17, 15) is 34.8 Å². The lowest BCUT2D eigenvalue weighted by Crippen LogP contribution is -2.65. The van der Waals surface area contributed by atoms with E-state index in [1.54, 1.807) is 26.2 Å². The number of rotatable bonds is 4. The first-order chi connectivity index (χ1) is 18.9. The van der Waals surface area contributed by atoms with Gasteiger partial charge in [0.1, 0.15) is 22.8 Å². The summed E-state index contributed by atoms with van der Waals surface area (Å²) in [7, 11) is 3.15. The number of nitrogens with one attached hydrogen (secondary N) is 2. The number of Topliss-reactive ketones (excluding diaryl/α,β-unsaturated/α-hetero) is 2. The zero-order valence-electron chi connectivity index (χ0n) is 24.3. The number of benzene rings is 1. The number of likely N-dealkylation sites (N-methyl/N-ethyl adjacent to an activating group) is 1. The third-order valence-corrected chi connectivity index (χ3v) is 9.14. The average Bonchev–Trinajstić information content (AvgIpc) is 2.80. The van der Waals surface area contributed by atoms with Gasteiger partial charge in [-0.1, -0.05) is 6.07 Å². The molecule has 4 aliphatic rings. The lowest BCUT2D eigenvalue weighted by Gasteiger charge is -2.50. The monoisotopic (exact) mass is 568 g/mol. The van der Waals surface area contributed by atoms with Crippen molar-refractivity contribution in [3.05, 3.63) is 40.2 Å². The largest absolute Gasteiger partial charge is 0.508 e. The molecule has 3 aliphatic carbocycles. The maximum atomic E-state index is 14.0. The van der Waals surface area contributed by atoms with E-state index in [0.717, 1.165) is 12.8 Å². The number of hydrogen-bond acceptors (Lipinski definition) is 10. The van der Waals surface area contributed by atoms with Crippen LogP contribution < -0.4 is 16.4 Å². The van der Waals surface area contributed by atoms with Crippen LogP contribution in [0.2, 0.25) is 0 Å². The third kappa shape index (κ3) is 4.41. The Bertz CT molecular complexity index is 1410. The Hall–Kier alpha value is -3.41. The van der Waals surface area contributed by atoms with Crippen LogP contribution in [0, 0.1) is 11.8 Å². The number of ketones is 2. The van der Waals surface area contributed by atoms with Gasteiger partial charge in [0.2, 0.25) is 5.78 Å². The second-order valence-corrected chi connectivity index (χ2v) is 13.6. The number of aliphatic hydroxyl groups excluding tert-OH is 2. The van der Waals surface area contributed by atoms with Crippen LogP contribution in [-0.2, 0) is 20.8 Å². The van der Waals surface area contributed by atoms with Gasteiger partial charge in [-0.25, -0.2) is 0 Å². The van der Waals surface area contributed by atoms with Crippen LogP contribution in [0.4, 0.5) is 5.69 Å². The molecule has 1 saturated heterocycles. The summed E-state index contributed by atoms with van der Waals surface area (Å²) in [5, 5.41) is 52.6. The predicted octanol–water partition coefficient (Wildman–Crippen LogP) is 1.69. The summed E-state index contributed by atoms with van der Waals surface area (Å²) in [6.07, 6.45) is 1.89. The van der Waals surface area contributed by atoms with Crippen molar-refractivity contribution < 1.29 is 34.8 Å². The van der Waals surface area contributed by atoms with Crippen molar-refractivity contribution in [2.75, 3.05) is 19.4 Å². The molecule has 1 aliphatic heterocycles. The fraction of sp³-hybridized carbons (Fsp3) is 0.567. The number of piperidine rings is 1. The molecule has 0 aromatic heterocycles. The highest BCUT2D eigenvalue weighted by Crippen LogP contribution is 2.53. The van der Waals surface area contributed by atoms with Crippen LogP contribution in [0.3, 0.4) is 0 Å². The van der Waals surface area contributed by atoms with Crippen molar-refractivity contribution >= 4 is 28.9 Å². The first-order valence-electron chi connectivity index (χ1n) is 13.9. The van der Waals surface area contributed by atoms with Gasteiger partial charge in [0.05, 0.1) is 17.3 Å². The highest BCUT2D eigenvalue weighted by Gasteiger charge is 2.64. The lowest BCUT2D eigenvalue weighted by molar-refractivity contribution is -0.153. The van der Waals surface area contributed by atoms with Crippen molar-refractivity contribution in [2.24, 2.45) is 17.6 Å². The molecule has 11 nitrogen and oxygen atoms in total. The molecule has 1 amide bonds. The minimum atomic E-state index is -2.65. The van der Waals surface area contributed by atoms with Crippen LogP contribution in [0.15, 0.2) is 29.0 Å². The summed E-state index contributed by atoms with van der Waals surface area (Å²) in [6.45, 7) is 8.47. The SMILES string of the molecule is CN(C)[C@@H]1C(=O)C(C(N)=O)=C(O)[C@@]2(O)C(=O)C3=C(O)c4c(ccc(NC5CC(C)(C)NC(C)(C)C5)c4O)CC3C[C@@H]12. The van der Waals surface area contributed by atoms with Gasteiger partial charge in [0.25, 0.3) is 5.91 Å². The normalized spacial score (nSPS) is 31.1. The van der Waals surface area contributed by atoms with Crippen LogP contribution in [0.1, 0.15) is 58.1 Å². The number of anilines is 1. The van der Waals surface area contributed by atoms with Gasteiger partial charge >= 0.3 is 0 Å². The first kappa shape index (κ1) is 29.1. The Labute approximate surface area is 239 Å². The van der Waals surface area contributed by atoms with Gasteiger partial charge in [0, 0.05) is 28.6 Å². The van der Waals surface area contributed by atoms with Gasteiger partial charge < -0.3 is 36.8 Å². The third-order valence-electron chi connectivity index (χ3n) is 9.14. The highest BCUT2D eigenvalue weighted by atomic mass is 16.3. The fourth-order valence-electron chi connectivity index (χ4n) is 7.98. The van der Waals surface area contributed by atoms with E-state index in [1.807, 2.05) is 0 Å². The molecule has 5 rings (SSSR count). The number of aromatic hydroxyl groups is 1. The molecule has 1 aromatic rings. The van der Waals surface area contributed by atoms with E-state index in [0.29, 0.717) is 11.3 Å². The molecule has 1 saturated carbocycles. The molecular weight excluding hydrogens is 528 g/mol. The minimum Gasteiger partial charge on any atom is -0.508 e. The van der Waals surface area contributed by atoms with E-state index in [4.69, 9.17) is 5.73 Å². The number of carbonyl (C=O) groups is 3. The molecule has 8 N–H and O–H groups in total. The van der Waals surface area contributed by atoms with E-state index < -0.39 is 58.0 Å². The zero-order chi connectivity index (χ0) is 30.4. The van der Waals surface area contributed by atoms with Crippen LogP contribution >= 0.6 is 0 Å². The van der Waals surface area contributed by atoms with Crippen molar-refractivity contribution in [1.82, 2.24) is 10.2 Å². The number of hydrogen-bond donors (Lipinski definition) is 7. The summed E-state index contributed by atoms with van der Waals surface area (Å²) < 4.78 is 0. The maximum Gasteiger partial charge on any atom is 0.255 e. The highest BCUT2D eigenvalue weighted by molar-refractivity contribution is 6.24. The summed E-state index contributed by atoms with van der Waals surface area (Å²) in [5.74, 6) is -6.54. The minimum absolute atomic E-state index is 0.0196. The second kappa shape index (κ2) is 9.30. The van der Waals surface area contributed by atoms with E-state index in [-0.39, 0.29) is 46.8 Å². The molecule has 1 heterocycles. The number of aliphatic hydroxyl groups is 3. The summed E-state index contributed by atoms with van der Waals surface area (Å²) >= 11 is 0. The Morgan fingerprint density at radius 2 is 1.68 bits per heavy atom. The smallest absolute Gasteiger partial charge is 0.255 e. The van der Waals surface area contributed by atoms with Gasteiger partial charge in [-0.15, -0.1) is 0 Å². The van der Waals surface area contributed by atoms with Crippen molar-refractivity contribution in [2.45, 2.75) is 82.1 Å². The molecule has 11 heteroatoms. The van der Waals surface area contributed by atoms with Crippen molar-refractivity contribution in [3.63, 3.8) is 0 Å². The molecule has 1 aromatic carbocycles. The Morgan fingerprint density at radius 3 is 2.24 bits per heavy atom. The summed E-state index contributed by atoms with van der Waals surface area (Å²) in [6, 6.07) is 2.47. The van der Waals surface area contributed by atoms with E-state index >= 15 is 0 Å². The number of nitrogens with two attached hydrogens (primary N) is 1. The predicted molar refractivity (Wildman–Crippen MR) is 152 cm³/mol. The maximum absolute atomic E-state index is 14.0. The van der Waals surface area contributed by atoms with Gasteiger partial charge in [-0.3, -0.25) is 19.3 Å². The standard InChI is InChI=1S/C30H40N4O7/c1-28(2)11-15(12-29(3,4)33-28)32-17-8-7-13-9-14-10-16-21(34(5)6)24(37)20(27(31)40)26(39)30(16,41)25(38)19(14)23(36)18(13)22(17)35/h7-8,14-16,21,32-33,35-36,39,41H,9-12H2,1-6H3,(H2,31,40)/t14?,16-,21-,30-/m0/s1. The Balaban J connectivity index is 1.58. The molecule has 41 heavy (non-hydrogen) atoms. The fourth-order valence-corrected chi connectivity index (χ4v) is 7.98. The van der Waals surface area contributed by atoms with E-state index in [2.05, 4.69) is 38.3 Å². The van der Waals surface area contributed by atoms with Crippen LogP contribution in [-0.4, -0.2) is 85.7 Å². The quantitative estimate of drug-likeness (QED) is 0.208. The topological polar surface area (TPSA) is 185 Å². The number of nitrogens with zero attached hydrogens (tertiary/aromatic N) is 1. The van der Waals surface area contributed by atoms with Gasteiger partial charge in [-0.05, 0) is 85.0 Å². The number of fused-ring (bicyclic) bond motifs is 3. The van der Waals surface area contributed by atoms with Crippen LogP contribution in [0.5, 0.6) is 5.75 Å². The number of primary amides is 1. The molecule has 0 spiro atoms. The molecule has 1 unspecified atom stereocenters. The first-order valence-corrected chi connectivity index (χ1v) is 13.9. The molecule has 4 atom stereocenters. The number of phenols is 1. The Kier molecular flexibility index (Phi) is 6.60. The molecule has 0 radical (unpaired) electrons. The molecule has 222 valence electrons. The van der Waals surface area contributed by atoms with Crippen molar-refractivity contribution in [3.8, 4) is 5.75 Å². The number of amides is 1. The average molecular weight is 569 g/mol. The van der Waals surface area contributed by atoms with Gasteiger partial charge in [-0.2, -0.15) is 0 Å². The van der Waals surface area contributed by atoms with Gasteiger partial charge in [0.15, 0.2) is 11.4 Å². The van der Waals surface area contributed by atoms with Crippen LogP contribution in [0.25, 0.3) is 5.76 Å².